The lowest BCUT2D eigenvalue weighted by Crippen LogP contribution is -2.27. The predicted molar refractivity (Wildman–Crippen MR) is 99.3 cm³/mol. The van der Waals surface area contributed by atoms with E-state index in [1.807, 2.05) is 11.6 Å². The molecule has 0 unspecified atom stereocenters. The van der Waals surface area contributed by atoms with Crippen LogP contribution in [0.1, 0.15) is 47.8 Å². The largest absolute Gasteiger partial charge is 0.349 e. The lowest BCUT2D eigenvalue weighted by atomic mass is 10.1. The van der Waals surface area contributed by atoms with E-state index in [4.69, 9.17) is 0 Å². The topological polar surface area (TPSA) is 88.9 Å². The summed E-state index contributed by atoms with van der Waals surface area (Å²) in [5, 5.41) is 14.9. The third-order valence-electron chi connectivity index (χ3n) is 4.50. The zero-order chi connectivity index (χ0) is 18.1. The number of carbonyl (C=O) groups excluding carboxylic acids is 2. The van der Waals surface area contributed by atoms with Gasteiger partial charge >= 0.3 is 0 Å². The van der Waals surface area contributed by atoms with Crippen LogP contribution in [0.2, 0.25) is 0 Å². The van der Waals surface area contributed by atoms with Gasteiger partial charge in [-0.2, -0.15) is 0 Å². The van der Waals surface area contributed by atoms with Crippen molar-refractivity contribution in [3.8, 4) is 0 Å². The third kappa shape index (κ3) is 3.90. The molecule has 0 saturated heterocycles. The Morgan fingerprint density at radius 2 is 1.96 bits per heavy atom. The van der Waals surface area contributed by atoms with Crippen LogP contribution in [-0.4, -0.2) is 38.4 Å². The van der Waals surface area contributed by atoms with Gasteiger partial charge in [0.15, 0.2) is 5.16 Å². The Bertz CT molecular complexity index is 842. The van der Waals surface area contributed by atoms with Gasteiger partial charge in [-0.25, -0.2) is 0 Å². The summed E-state index contributed by atoms with van der Waals surface area (Å²) in [5.41, 5.74) is 1.03. The normalized spacial score (nSPS) is 16.3. The molecule has 2 aliphatic rings. The summed E-state index contributed by atoms with van der Waals surface area (Å²) < 4.78 is 1.96. The number of carbonyl (C=O) groups is 2. The number of nitrogens with one attached hydrogen (secondary N) is 2. The minimum atomic E-state index is -0.169. The molecule has 26 heavy (non-hydrogen) atoms. The van der Waals surface area contributed by atoms with Crippen molar-refractivity contribution in [3.05, 3.63) is 35.7 Å². The molecule has 8 heteroatoms. The number of rotatable bonds is 7. The van der Waals surface area contributed by atoms with Gasteiger partial charge in [0.05, 0.1) is 17.0 Å². The van der Waals surface area contributed by atoms with Gasteiger partial charge in [-0.3, -0.25) is 9.59 Å². The highest BCUT2D eigenvalue weighted by molar-refractivity contribution is 7.99. The first-order valence-corrected chi connectivity index (χ1v) is 9.82. The molecule has 2 aromatic rings. The Morgan fingerprint density at radius 3 is 2.69 bits per heavy atom. The molecule has 2 N–H and O–H groups in total. The lowest BCUT2D eigenvalue weighted by molar-refractivity contribution is -0.113. The van der Waals surface area contributed by atoms with Gasteiger partial charge in [0.2, 0.25) is 5.91 Å². The fourth-order valence-corrected chi connectivity index (χ4v) is 3.46. The second kappa shape index (κ2) is 7.11. The van der Waals surface area contributed by atoms with E-state index in [2.05, 4.69) is 20.8 Å². The maximum atomic E-state index is 12.3. The Balaban J connectivity index is 1.36. The number of hydrogen-bond donors (Lipinski definition) is 2. The number of amides is 2. The molecule has 0 bridgehead atoms. The first-order chi connectivity index (χ1) is 12.6. The summed E-state index contributed by atoms with van der Waals surface area (Å²) in [6.45, 7) is 0. The van der Waals surface area contributed by atoms with Crippen molar-refractivity contribution in [1.82, 2.24) is 20.1 Å². The summed E-state index contributed by atoms with van der Waals surface area (Å²) in [4.78, 5) is 24.6. The zero-order valence-electron chi connectivity index (χ0n) is 14.6. The lowest BCUT2D eigenvalue weighted by Gasteiger charge is -2.11. The Hall–Kier alpha value is -2.35. The Morgan fingerprint density at radius 1 is 1.19 bits per heavy atom. The predicted octanol–water partition coefficient (Wildman–Crippen LogP) is 2.32. The van der Waals surface area contributed by atoms with Gasteiger partial charge in [0.1, 0.15) is 5.82 Å². The van der Waals surface area contributed by atoms with E-state index in [1.54, 1.807) is 24.3 Å². The summed E-state index contributed by atoms with van der Waals surface area (Å²) >= 11 is 1.35. The standard InChI is InChI=1S/C18H21N5O2S/c1-23-16(11-6-7-11)21-22-18(23)26-10-15(24)20-14-5-3-2-4-13(14)17(25)19-12-8-9-12/h2-5,11-12H,6-10H2,1H3,(H,19,25)(H,20,24). The Labute approximate surface area is 155 Å². The Kier molecular flexibility index (Phi) is 4.67. The highest BCUT2D eigenvalue weighted by atomic mass is 32.2. The van der Waals surface area contributed by atoms with Crippen LogP contribution < -0.4 is 10.6 Å². The van der Waals surface area contributed by atoms with E-state index in [-0.39, 0.29) is 23.6 Å². The van der Waals surface area contributed by atoms with Gasteiger partial charge in [-0.15, -0.1) is 10.2 Å². The van der Waals surface area contributed by atoms with Crippen molar-refractivity contribution < 1.29 is 9.59 Å². The van der Waals surface area contributed by atoms with Crippen LogP contribution in [-0.2, 0) is 11.8 Å². The van der Waals surface area contributed by atoms with Crippen molar-refractivity contribution in [1.29, 1.82) is 0 Å². The van der Waals surface area contributed by atoms with Crippen LogP contribution in [0.4, 0.5) is 5.69 Å². The molecule has 136 valence electrons. The van der Waals surface area contributed by atoms with Crippen molar-refractivity contribution >= 4 is 29.3 Å². The van der Waals surface area contributed by atoms with Gasteiger partial charge in [0.25, 0.3) is 5.91 Å². The van der Waals surface area contributed by atoms with Crippen LogP contribution in [0, 0.1) is 0 Å². The van der Waals surface area contributed by atoms with Crippen LogP contribution >= 0.6 is 11.8 Å². The SMILES string of the molecule is Cn1c(SCC(=O)Nc2ccccc2C(=O)NC2CC2)nnc1C1CC1. The molecule has 0 aliphatic heterocycles. The number of thioether (sulfide) groups is 1. The van der Waals surface area contributed by atoms with Crippen molar-refractivity contribution in [2.75, 3.05) is 11.1 Å². The minimum Gasteiger partial charge on any atom is -0.349 e. The van der Waals surface area contributed by atoms with E-state index in [1.165, 1.54) is 11.8 Å². The van der Waals surface area contributed by atoms with Crippen LogP contribution in [0.25, 0.3) is 0 Å². The molecule has 0 radical (unpaired) electrons. The van der Waals surface area contributed by atoms with E-state index in [0.717, 1.165) is 36.7 Å². The maximum absolute atomic E-state index is 12.3. The number of anilines is 1. The zero-order valence-corrected chi connectivity index (χ0v) is 15.4. The highest BCUT2D eigenvalue weighted by Crippen LogP contribution is 2.39. The van der Waals surface area contributed by atoms with E-state index >= 15 is 0 Å². The van der Waals surface area contributed by atoms with Gasteiger partial charge in [-0.05, 0) is 37.8 Å². The summed E-state index contributed by atoms with van der Waals surface area (Å²) in [6, 6.07) is 7.36. The average Bonchev–Trinajstić information content (AvgIpc) is 3.55. The molecule has 2 amide bonds. The molecule has 2 saturated carbocycles. The summed E-state index contributed by atoms with van der Waals surface area (Å²) in [5.74, 6) is 1.42. The molecule has 0 spiro atoms. The average molecular weight is 371 g/mol. The number of para-hydroxylation sites is 1. The molecular weight excluding hydrogens is 350 g/mol. The monoisotopic (exact) mass is 371 g/mol. The molecule has 1 heterocycles. The van der Waals surface area contributed by atoms with Gasteiger partial charge in [-0.1, -0.05) is 23.9 Å². The van der Waals surface area contributed by atoms with Gasteiger partial charge in [0, 0.05) is 19.0 Å². The van der Waals surface area contributed by atoms with E-state index in [9.17, 15) is 9.59 Å². The van der Waals surface area contributed by atoms with Crippen LogP contribution in [0.15, 0.2) is 29.4 Å². The second-order valence-corrected chi connectivity index (χ2v) is 7.75. The number of benzene rings is 1. The quantitative estimate of drug-likeness (QED) is 0.729. The van der Waals surface area contributed by atoms with Crippen molar-refractivity contribution in [2.24, 2.45) is 7.05 Å². The molecule has 0 atom stereocenters. The highest BCUT2D eigenvalue weighted by Gasteiger charge is 2.29. The molecule has 7 nitrogen and oxygen atoms in total. The number of nitrogens with zero attached hydrogens (tertiary/aromatic N) is 3. The molecule has 1 aromatic heterocycles. The second-order valence-electron chi connectivity index (χ2n) is 6.80. The molecular formula is C18H21N5O2S. The molecule has 2 aliphatic carbocycles. The maximum Gasteiger partial charge on any atom is 0.253 e. The fourth-order valence-electron chi connectivity index (χ4n) is 2.75. The van der Waals surface area contributed by atoms with Crippen LogP contribution in [0.5, 0.6) is 0 Å². The summed E-state index contributed by atoms with van der Waals surface area (Å²) in [7, 11) is 1.94. The van der Waals surface area contributed by atoms with Gasteiger partial charge < -0.3 is 15.2 Å². The molecule has 2 fully saturated rings. The van der Waals surface area contributed by atoms with Crippen molar-refractivity contribution in [2.45, 2.75) is 42.8 Å². The van der Waals surface area contributed by atoms with E-state index < -0.39 is 0 Å². The first-order valence-electron chi connectivity index (χ1n) is 8.83. The van der Waals surface area contributed by atoms with E-state index in [0.29, 0.717) is 17.2 Å². The van der Waals surface area contributed by atoms with Crippen LogP contribution in [0.3, 0.4) is 0 Å². The number of aromatic nitrogens is 3. The smallest absolute Gasteiger partial charge is 0.253 e. The first kappa shape index (κ1) is 17.1. The molecule has 4 rings (SSSR count). The van der Waals surface area contributed by atoms with Crippen molar-refractivity contribution in [3.63, 3.8) is 0 Å². The molecule has 1 aromatic carbocycles. The fraction of sp³-hybridized carbons (Fsp3) is 0.444. The third-order valence-corrected chi connectivity index (χ3v) is 5.52. The number of hydrogen-bond acceptors (Lipinski definition) is 5. The minimum absolute atomic E-state index is 0.140. The summed E-state index contributed by atoms with van der Waals surface area (Å²) in [6.07, 6.45) is 4.38.